The zero-order valence-electron chi connectivity index (χ0n) is 15.8. The van der Waals surface area contributed by atoms with Crippen LogP contribution >= 0.6 is 15.9 Å². The van der Waals surface area contributed by atoms with Crippen LogP contribution in [0.25, 0.3) is 0 Å². The van der Waals surface area contributed by atoms with Crippen LogP contribution in [0.3, 0.4) is 0 Å². The first-order valence-electron chi connectivity index (χ1n) is 9.02. The number of ether oxygens (including phenoxy) is 1. The van der Waals surface area contributed by atoms with E-state index in [1.165, 1.54) is 6.21 Å². The second-order valence-electron chi connectivity index (χ2n) is 6.27. The number of nitriles is 1. The predicted molar refractivity (Wildman–Crippen MR) is 117 cm³/mol. The van der Waals surface area contributed by atoms with Gasteiger partial charge in [-0.25, -0.2) is 5.43 Å². The molecule has 0 radical (unpaired) electrons. The van der Waals surface area contributed by atoms with Crippen LogP contribution in [0.15, 0.2) is 88.4 Å². The highest BCUT2D eigenvalue weighted by atomic mass is 79.9. The lowest BCUT2D eigenvalue weighted by atomic mass is 9.85. The third kappa shape index (κ3) is 4.74. The van der Waals surface area contributed by atoms with E-state index >= 15 is 0 Å². The zero-order chi connectivity index (χ0) is 21.4. The topological polar surface area (TPSA) is 94.7 Å². The smallest absolute Gasteiger partial charge is 0.281 e. The number of carbonyl (C=O) groups excluding carboxylic acids is 1. The first-order chi connectivity index (χ1) is 14.6. The van der Waals surface area contributed by atoms with Crippen LogP contribution in [0.2, 0.25) is 0 Å². The quantitative estimate of drug-likeness (QED) is 0.412. The minimum atomic E-state index is -1.92. The van der Waals surface area contributed by atoms with Gasteiger partial charge < -0.3 is 9.84 Å². The van der Waals surface area contributed by atoms with E-state index < -0.39 is 11.5 Å². The molecule has 3 aromatic carbocycles. The van der Waals surface area contributed by atoms with E-state index in [4.69, 9.17) is 10.00 Å². The maximum Gasteiger partial charge on any atom is 0.281 e. The van der Waals surface area contributed by atoms with E-state index in [1.54, 1.807) is 78.9 Å². The van der Waals surface area contributed by atoms with E-state index in [0.717, 1.165) is 4.47 Å². The first-order valence-corrected chi connectivity index (χ1v) is 9.81. The van der Waals surface area contributed by atoms with E-state index in [0.29, 0.717) is 22.4 Å². The maximum absolute atomic E-state index is 13.0. The average molecular weight is 464 g/mol. The number of rotatable bonds is 7. The van der Waals surface area contributed by atoms with Gasteiger partial charge in [0.15, 0.2) is 12.2 Å². The lowest BCUT2D eigenvalue weighted by Gasteiger charge is -2.27. The van der Waals surface area contributed by atoms with Crippen LogP contribution in [-0.2, 0) is 10.4 Å². The molecular weight excluding hydrogens is 446 g/mol. The Bertz CT molecular complexity index is 1040. The molecule has 0 aromatic heterocycles. The maximum atomic E-state index is 13.0. The molecule has 0 atom stereocenters. The third-order valence-electron chi connectivity index (χ3n) is 4.35. The number of nitrogens with zero attached hydrogens (tertiary/aromatic N) is 2. The Morgan fingerprint density at radius 2 is 1.70 bits per heavy atom. The molecule has 0 saturated carbocycles. The molecule has 3 rings (SSSR count). The SMILES string of the molecule is N#CCOc1ccc(Br)cc1/C=N\NC(=O)C(O)(c1ccccc1)c1ccccc1. The van der Waals surface area contributed by atoms with Gasteiger partial charge in [-0.15, -0.1) is 0 Å². The highest BCUT2D eigenvalue weighted by Gasteiger charge is 2.39. The normalized spacial score (nSPS) is 11.1. The molecular formula is C23H18BrN3O3. The van der Waals surface area contributed by atoms with Crippen molar-refractivity contribution in [2.24, 2.45) is 5.10 Å². The van der Waals surface area contributed by atoms with Gasteiger partial charge in [-0.1, -0.05) is 76.6 Å². The average Bonchev–Trinajstić information content (AvgIpc) is 2.79. The van der Waals surface area contributed by atoms with E-state index in [9.17, 15) is 9.90 Å². The molecule has 0 aliphatic rings. The van der Waals surface area contributed by atoms with Gasteiger partial charge in [0.25, 0.3) is 5.91 Å². The molecule has 0 saturated heterocycles. The first kappa shape index (κ1) is 21.2. The molecule has 0 aliphatic heterocycles. The summed E-state index contributed by atoms with van der Waals surface area (Å²) in [6, 6.07) is 24.4. The van der Waals surface area contributed by atoms with Crippen molar-refractivity contribution in [3.8, 4) is 11.8 Å². The van der Waals surface area contributed by atoms with Crippen LogP contribution < -0.4 is 10.2 Å². The summed E-state index contributed by atoms with van der Waals surface area (Å²) in [6.07, 6.45) is 1.39. The Labute approximate surface area is 182 Å². The fraction of sp³-hybridized carbons (Fsp3) is 0.0870. The van der Waals surface area contributed by atoms with Crippen LogP contribution in [0.1, 0.15) is 16.7 Å². The Morgan fingerprint density at radius 1 is 1.10 bits per heavy atom. The van der Waals surface area contributed by atoms with Gasteiger partial charge in [0.05, 0.1) is 6.21 Å². The highest BCUT2D eigenvalue weighted by molar-refractivity contribution is 9.10. The van der Waals surface area contributed by atoms with Crippen LogP contribution in [0.4, 0.5) is 0 Å². The summed E-state index contributed by atoms with van der Waals surface area (Å²) >= 11 is 3.37. The van der Waals surface area contributed by atoms with Gasteiger partial charge in [0.2, 0.25) is 0 Å². The minimum absolute atomic E-state index is 0.114. The molecule has 0 heterocycles. The second-order valence-corrected chi connectivity index (χ2v) is 7.19. The lowest BCUT2D eigenvalue weighted by Crippen LogP contribution is -2.43. The number of aliphatic hydroxyl groups is 1. The van der Waals surface area contributed by atoms with Gasteiger partial charge in [-0.2, -0.15) is 10.4 Å². The number of halogens is 1. The number of nitrogens with one attached hydrogen (secondary N) is 1. The van der Waals surface area contributed by atoms with Crippen molar-refractivity contribution < 1.29 is 14.6 Å². The molecule has 0 unspecified atom stereocenters. The summed E-state index contributed by atoms with van der Waals surface area (Å²) in [4.78, 5) is 13.0. The molecule has 0 spiro atoms. The molecule has 150 valence electrons. The molecule has 7 heteroatoms. The summed E-state index contributed by atoms with van der Waals surface area (Å²) < 4.78 is 6.15. The fourth-order valence-corrected chi connectivity index (χ4v) is 3.27. The van der Waals surface area contributed by atoms with Gasteiger partial charge in [0.1, 0.15) is 11.8 Å². The summed E-state index contributed by atoms with van der Waals surface area (Å²) in [5.41, 5.74) is 1.90. The van der Waals surface area contributed by atoms with Crippen molar-refractivity contribution in [1.29, 1.82) is 5.26 Å². The summed E-state index contributed by atoms with van der Waals surface area (Å²) in [6.45, 7) is -0.114. The van der Waals surface area contributed by atoms with Gasteiger partial charge in [-0.05, 0) is 29.3 Å². The van der Waals surface area contributed by atoms with Gasteiger partial charge >= 0.3 is 0 Å². The standard InChI is InChI=1S/C23H18BrN3O3/c24-20-11-12-21(30-14-13-25)17(15-20)16-26-27-22(28)23(29,18-7-3-1-4-8-18)19-9-5-2-6-10-19/h1-12,15-16,29H,14H2,(H,27,28)/b26-16-. The minimum Gasteiger partial charge on any atom is -0.478 e. The largest absolute Gasteiger partial charge is 0.478 e. The Kier molecular flexibility index (Phi) is 6.96. The summed E-state index contributed by atoms with van der Waals surface area (Å²) in [5, 5.41) is 24.1. The van der Waals surface area contributed by atoms with Crippen molar-refractivity contribution in [1.82, 2.24) is 5.43 Å². The number of benzene rings is 3. The van der Waals surface area contributed by atoms with Gasteiger partial charge in [-0.3, -0.25) is 4.79 Å². The van der Waals surface area contributed by atoms with Crippen molar-refractivity contribution >= 4 is 28.1 Å². The van der Waals surface area contributed by atoms with Crippen molar-refractivity contribution in [2.45, 2.75) is 5.60 Å². The Hall–Kier alpha value is -3.47. The summed E-state index contributed by atoms with van der Waals surface area (Å²) in [7, 11) is 0. The van der Waals surface area contributed by atoms with E-state index in [-0.39, 0.29) is 6.61 Å². The van der Waals surface area contributed by atoms with Crippen LogP contribution in [0, 0.1) is 11.3 Å². The second kappa shape index (κ2) is 9.83. The predicted octanol–water partition coefficient (Wildman–Crippen LogP) is 3.74. The molecule has 3 aromatic rings. The molecule has 1 amide bonds. The molecule has 2 N–H and O–H groups in total. The number of hydrogen-bond acceptors (Lipinski definition) is 5. The van der Waals surface area contributed by atoms with Crippen molar-refractivity contribution in [3.05, 3.63) is 100 Å². The highest BCUT2D eigenvalue weighted by Crippen LogP contribution is 2.30. The van der Waals surface area contributed by atoms with Crippen LogP contribution in [-0.4, -0.2) is 23.8 Å². The molecule has 0 fully saturated rings. The number of carbonyl (C=O) groups is 1. The zero-order valence-corrected chi connectivity index (χ0v) is 17.4. The van der Waals surface area contributed by atoms with E-state index in [2.05, 4.69) is 26.5 Å². The third-order valence-corrected chi connectivity index (χ3v) is 4.84. The van der Waals surface area contributed by atoms with Gasteiger partial charge in [0, 0.05) is 10.0 Å². The number of amides is 1. The lowest BCUT2D eigenvalue weighted by molar-refractivity contribution is -0.136. The number of hydrazone groups is 1. The molecule has 30 heavy (non-hydrogen) atoms. The monoisotopic (exact) mass is 463 g/mol. The summed E-state index contributed by atoms with van der Waals surface area (Å²) in [5.74, 6) is -0.259. The molecule has 0 bridgehead atoms. The molecule has 6 nitrogen and oxygen atoms in total. The van der Waals surface area contributed by atoms with Crippen molar-refractivity contribution in [2.75, 3.05) is 6.61 Å². The van der Waals surface area contributed by atoms with Crippen LogP contribution in [0.5, 0.6) is 5.75 Å². The Morgan fingerprint density at radius 3 is 2.27 bits per heavy atom. The fourth-order valence-electron chi connectivity index (χ4n) is 2.89. The Balaban J connectivity index is 1.88. The van der Waals surface area contributed by atoms with Crippen molar-refractivity contribution in [3.63, 3.8) is 0 Å². The molecule has 0 aliphatic carbocycles. The van der Waals surface area contributed by atoms with E-state index in [1.807, 2.05) is 6.07 Å². The number of hydrogen-bond donors (Lipinski definition) is 2.